The second-order valence-electron chi connectivity index (χ2n) is 4.19. The lowest BCUT2D eigenvalue weighted by molar-refractivity contribution is 0.358. The first-order valence-electron chi connectivity index (χ1n) is 5.48. The van der Waals surface area contributed by atoms with Gasteiger partial charge >= 0.3 is 0 Å². The highest BCUT2D eigenvalue weighted by molar-refractivity contribution is 7.86. The molecule has 6 nitrogen and oxygen atoms in total. The van der Waals surface area contributed by atoms with Crippen molar-refractivity contribution in [2.75, 3.05) is 20.6 Å². The van der Waals surface area contributed by atoms with Gasteiger partial charge in [-0.25, -0.2) is 9.97 Å². The molecule has 0 spiro atoms. The van der Waals surface area contributed by atoms with E-state index in [4.69, 9.17) is 0 Å². The Kier molecular flexibility index (Phi) is 3.41. The Morgan fingerprint density at radius 1 is 1.47 bits per heavy atom. The standard InChI is InChI=1S/C10H16N4O2S/c1-13(2)17(15,16)14-7-3-4-10(14)9-5-6-11-8-12-9/h5-6,8,10H,3-4,7H2,1-2H3. The Morgan fingerprint density at radius 3 is 2.82 bits per heavy atom. The summed E-state index contributed by atoms with van der Waals surface area (Å²) in [7, 11) is -0.275. The molecule has 0 radical (unpaired) electrons. The Balaban J connectivity index is 2.31. The molecule has 1 aromatic rings. The first-order valence-corrected chi connectivity index (χ1v) is 6.88. The van der Waals surface area contributed by atoms with Crippen molar-refractivity contribution in [3.63, 3.8) is 0 Å². The van der Waals surface area contributed by atoms with Crippen LogP contribution in [-0.2, 0) is 10.2 Å². The first-order chi connectivity index (χ1) is 8.03. The molecule has 2 heterocycles. The molecule has 7 heteroatoms. The molecule has 0 aliphatic carbocycles. The van der Waals surface area contributed by atoms with Crippen LogP contribution < -0.4 is 0 Å². The molecular formula is C10H16N4O2S. The minimum Gasteiger partial charge on any atom is -0.245 e. The summed E-state index contributed by atoms with van der Waals surface area (Å²) in [6.07, 6.45) is 4.76. The predicted molar refractivity (Wildman–Crippen MR) is 63.3 cm³/mol. The minimum atomic E-state index is -3.37. The molecule has 1 unspecified atom stereocenters. The van der Waals surface area contributed by atoms with Crippen molar-refractivity contribution in [1.82, 2.24) is 18.6 Å². The lowest BCUT2D eigenvalue weighted by atomic mass is 10.1. The summed E-state index contributed by atoms with van der Waals surface area (Å²) >= 11 is 0. The molecule has 0 N–H and O–H groups in total. The Bertz CT molecular complexity index is 474. The van der Waals surface area contributed by atoms with Gasteiger partial charge in [0.15, 0.2) is 0 Å². The van der Waals surface area contributed by atoms with E-state index in [1.54, 1.807) is 26.4 Å². The minimum absolute atomic E-state index is 0.162. The third-order valence-corrected chi connectivity index (χ3v) is 4.86. The Morgan fingerprint density at radius 2 is 2.24 bits per heavy atom. The van der Waals surface area contributed by atoms with E-state index < -0.39 is 10.2 Å². The third-order valence-electron chi connectivity index (χ3n) is 2.91. The Hall–Kier alpha value is -1.05. The fourth-order valence-electron chi connectivity index (χ4n) is 2.02. The molecule has 17 heavy (non-hydrogen) atoms. The maximum Gasteiger partial charge on any atom is 0.282 e. The van der Waals surface area contributed by atoms with Gasteiger partial charge in [0.2, 0.25) is 0 Å². The van der Waals surface area contributed by atoms with Crippen molar-refractivity contribution >= 4 is 10.2 Å². The fraction of sp³-hybridized carbons (Fsp3) is 0.600. The van der Waals surface area contributed by atoms with Gasteiger partial charge < -0.3 is 0 Å². The highest BCUT2D eigenvalue weighted by Gasteiger charge is 2.36. The van der Waals surface area contributed by atoms with Crippen LogP contribution in [0.2, 0.25) is 0 Å². The van der Waals surface area contributed by atoms with Gasteiger partial charge in [0.05, 0.1) is 11.7 Å². The lowest BCUT2D eigenvalue weighted by Crippen LogP contribution is -2.39. The van der Waals surface area contributed by atoms with Crippen LogP contribution >= 0.6 is 0 Å². The summed E-state index contributed by atoms with van der Waals surface area (Å²) < 4.78 is 27.0. The lowest BCUT2D eigenvalue weighted by Gasteiger charge is -2.26. The number of nitrogens with zero attached hydrogens (tertiary/aromatic N) is 4. The van der Waals surface area contributed by atoms with Crippen LogP contribution in [0.3, 0.4) is 0 Å². The zero-order valence-electron chi connectivity index (χ0n) is 9.94. The molecular weight excluding hydrogens is 240 g/mol. The molecule has 0 amide bonds. The van der Waals surface area contributed by atoms with Gasteiger partial charge in [-0.2, -0.15) is 17.0 Å². The highest BCUT2D eigenvalue weighted by Crippen LogP contribution is 2.33. The quantitative estimate of drug-likeness (QED) is 0.786. The maximum atomic E-state index is 12.1. The summed E-state index contributed by atoms with van der Waals surface area (Å²) in [4.78, 5) is 8.00. The van der Waals surface area contributed by atoms with Crippen molar-refractivity contribution in [3.05, 3.63) is 24.3 Å². The summed E-state index contributed by atoms with van der Waals surface area (Å²) in [6, 6.07) is 1.61. The first kappa shape index (κ1) is 12.4. The predicted octanol–water partition coefficient (Wildman–Crippen LogP) is 0.420. The summed E-state index contributed by atoms with van der Waals surface area (Å²) in [6.45, 7) is 0.551. The average Bonchev–Trinajstić information content (AvgIpc) is 2.79. The highest BCUT2D eigenvalue weighted by atomic mass is 32.2. The maximum absolute atomic E-state index is 12.1. The van der Waals surface area contributed by atoms with Gasteiger partial charge in [0, 0.05) is 26.8 Å². The molecule has 1 aromatic heterocycles. The van der Waals surface area contributed by atoms with Gasteiger partial charge in [0.25, 0.3) is 10.2 Å². The average molecular weight is 256 g/mol. The largest absolute Gasteiger partial charge is 0.282 e. The van der Waals surface area contributed by atoms with Crippen LogP contribution in [0.4, 0.5) is 0 Å². The molecule has 2 rings (SSSR count). The smallest absolute Gasteiger partial charge is 0.245 e. The molecule has 1 atom stereocenters. The van der Waals surface area contributed by atoms with Gasteiger partial charge in [-0.05, 0) is 18.9 Å². The van der Waals surface area contributed by atoms with E-state index in [0.717, 1.165) is 18.5 Å². The molecule has 1 aliphatic heterocycles. The second kappa shape index (κ2) is 4.67. The molecule has 0 bridgehead atoms. The summed E-state index contributed by atoms with van der Waals surface area (Å²) in [5.41, 5.74) is 0.767. The van der Waals surface area contributed by atoms with Crippen LogP contribution in [0.15, 0.2) is 18.6 Å². The summed E-state index contributed by atoms with van der Waals surface area (Å²) in [5.74, 6) is 0. The monoisotopic (exact) mass is 256 g/mol. The van der Waals surface area contributed by atoms with E-state index in [0.29, 0.717) is 6.54 Å². The van der Waals surface area contributed by atoms with E-state index in [1.165, 1.54) is 14.9 Å². The molecule has 1 fully saturated rings. The number of hydrogen-bond donors (Lipinski definition) is 0. The van der Waals surface area contributed by atoms with Crippen LogP contribution in [0.5, 0.6) is 0 Å². The third kappa shape index (κ3) is 2.31. The van der Waals surface area contributed by atoms with Crippen LogP contribution in [0.1, 0.15) is 24.6 Å². The van der Waals surface area contributed by atoms with Gasteiger partial charge in [-0.3, -0.25) is 0 Å². The second-order valence-corrected chi connectivity index (χ2v) is 6.29. The number of aromatic nitrogens is 2. The Labute approximate surface area is 101 Å². The van der Waals surface area contributed by atoms with Crippen LogP contribution in [-0.4, -0.2) is 47.6 Å². The zero-order valence-corrected chi connectivity index (χ0v) is 10.8. The molecule has 1 aliphatic rings. The molecule has 0 saturated carbocycles. The van der Waals surface area contributed by atoms with E-state index >= 15 is 0 Å². The normalized spacial score (nSPS) is 22.2. The van der Waals surface area contributed by atoms with E-state index in [9.17, 15) is 8.42 Å². The number of hydrogen-bond acceptors (Lipinski definition) is 4. The topological polar surface area (TPSA) is 66.4 Å². The summed E-state index contributed by atoms with van der Waals surface area (Å²) in [5, 5.41) is 0. The van der Waals surface area contributed by atoms with Crippen molar-refractivity contribution in [2.45, 2.75) is 18.9 Å². The van der Waals surface area contributed by atoms with E-state index in [2.05, 4.69) is 9.97 Å². The van der Waals surface area contributed by atoms with Gasteiger partial charge in [-0.1, -0.05) is 0 Å². The SMILES string of the molecule is CN(C)S(=O)(=O)N1CCCC1c1ccncn1. The molecule has 94 valence electrons. The molecule has 0 aromatic carbocycles. The van der Waals surface area contributed by atoms with Gasteiger partial charge in [0.1, 0.15) is 6.33 Å². The van der Waals surface area contributed by atoms with Crippen LogP contribution in [0.25, 0.3) is 0 Å². The van der Waals surface area contributed by atoms with Gasteiger partial charge in [-0.15, -0.1) is 0 Å². The molecule has 1 saturated heterocycles. The van der Waals surface area contributed by atoms with Crippen molar-refractivity contribution in [3.8, 4) is 0 Å². The van der Waals surface area contributed by atoms with Crippen LogP contribution in [0, 0.1) is 0 Å². The zero-order chi connectivity index (χ0) is 12.5. The van der Waals surface area contributed by atoms with Crippen molar-refractivity contribution in [1.29, 1.82) is 0 Å². The van der Waals surface area contributed by atoms with E-state index in [-0.39, 0.29) is 6.04 Å². The number of rotatable bonds is 3. The van der Waals surface area contributed by atoms with Crippen molar-refractivity contribution in [2.24, 2.45) is 0 Å². The fourth-order valence-corrected chi connectivity index (χ4v) is 3.33. The van der Waals surface area contributed by atoms with E-state index in [1.807, 2.05) is 0 Å². The van der Waals surface area contributed by atoms with Crippen molar-refractivity contribution < 1.29 is 8.42 Å².